The van der Waals surface area contributed by atoms with Gasteiger partial charge in [-0.15, -0.1) is 0 Å². The van der Waals surface area contributed by atoms with E-state index in [-0.39, 0.29) is 11.3 Å². The molecule has 19 heavy (non-hydrogen) atoms. The van der Waals surface area contributed by atoms with Crippen LogP contribution < -0.4 is 4.74 Å². The summed E-state index contributed by atoms with van der Waals surface area (Å²) in [6, 6.07) is 9.60. The quantitative estimate of drug-likeness (QED) is 0.885. The van der Waals surface area contributed by atoms with E-state index in [2.05, 4.69) is 0 Å². The van der Waals surface area contributed by atoms with Crippen molar-refractivity contribution in [1.29, 1.82) is 0 Å². The maximum absolute atomic E-state index is 11.1. The van der Waals surface area contributed by atoms with Crippen LogP contribution in [0.3, 0.4) is 0 Å². The zero-order chi connectivity index (χ0) is 14.0. The average molecular weight is 297 g/mol. The molecule has 98 valence electrons. The normalized spacial score (nSPS) is 10.3. The molecule has 0 saturated heterocycles. The van der Waals surface area contributed by atoms with E-state index in [4.69, 9.17) is 33.0 Å². The van der Waals surface area contributed by atoms with Gasteiger partial charge < -0.3 is 9.84 Å². The van der Waals surface area contributed by atoms with Crippen molar-refractivity contribution >= 4 is 29.2 Å². The Kier molecular flexibility index (Phi) is 3.98. The van der Waals surface area contributed by atoms with E-state index in [9.17, 15) is 4.79 Å². The molecule has 2 aromatic carbocycles. The number of carboxylic acids is 1. The molecule has 0 atom stereocenters. The summed E-state index contributed by atoms with van der Waals surface area (Å²) in [5, 5.41) is 9.94. The number of halogens is 2. The average Bonchev–Trinajstić information content (AvgIpc) is 2.33. The summed E-state index contributed by atoms with van der Waals surface area (Å²) in [4.78, 5) is 11.1. The van der Waals surface area contributed by atoms with Gasteiger partial charge >= 0.3 is 5.97 Å². The number of benzene rings is 2. The molecule has 0 radical (unpaired) electrons. The van der Waals surface area contributed by atoms with Crippen LogP contribution >= 0.6 is 23.2 Å². The van der Waals surface area contributed by atoms with Crippen LogP contribution in [0.4, 0.5) is 0 Å². The molecule has 0 fully saturated rings. The molecule has 0 unspecified atom stereocenters. The molecular weight excluding hydrogens is 287 g/mol. The maximum Gasteiger partial charge on any atom is 0.339 e. The van der Waals surface area contributed by atoms with Crippen LogP contribution in [0.1, 0.15) is 15.9 Å². The van der Waals surface area contributed by atoms with Crippen molar-refractivity contribution in [3.8, 4) is 11.5 Å². The minimum Gasteiger partial charge on any atom is -0.478 e. The molecule has 0 amide bonds. The summed E-state index contributed by atoms with van der Waals surface area (Å²) in [6.45, 7) is 1.85. The minimum absolute atomic E-state index is 0.0710. The summed E-state index contributed by atoms with van der Waals surface area (Å²) in [7, 11) is 0. The number of rotatable bonds is 3. The summed E-state index contributed by atoms with van der Waals surface area (Å²) in [5.74, 6) is -0.507. The zero-order valence-electron chi connectivity index (χ0n) is 9.98. The lowest BCUT2D eigenvalue weighted by molar-refractivity contribution is 0.0694. The first kappa shape index (κ1) is 13.7. The molecule has 0 aromatic heterocycles. The Hall–Kier alpha value is -1.71. The van der Waals surface area contributed by atoms with Gasteiger partial charge in [-0.1, -0.05) is 29.3 Å². The molecule has 0 aliphatic heterocycles. The molecule has 1 N–H and O–H groups in total. The van der Waals surface area contributed by atoms with Crippen molar-refractivity contribution in [2.45, 2.75) is 6.92 Å². The van der Waals surface area contributed by atoms with Crippen molar-refractivity contribution in [1.82, 2.24) is 0 Å². The van der Waals surface area contributed by atoms with Gasteiger partial charge in [-0.3, -0.25) is 0 Å². The highest BCUT2D eigenvalue weighted by Crippen LogP contribution is 2.33. The van der Waals surface area contributed by atoms with Crippen LogP contribution in [0.15, 0.2) is 36.4 Å². The van der Waals surface area contributed by atoms with Gasteiger partial charge in [-0.25, -0.2) is 4.79 Å². The van der Waals surface area contributed by atoms with E-state index in [1.807, 2.05) is 6.92 Å². The van der Waals surface area contributed by atoms with Crippen LogP contribution in [0.25, 0.3) is 0 Å². The second-order valence-corrected chi connectivity index (χ2v) is 4.83. The van der Waals surface area contributed by atoms with Crippen LogP contribution in [0.2, 0.25) is 10.0 Å². The molecule has 5 heteroatoms. The summed E-state index contributed by atoms with van der Waals surface area (Å²) < 4.78 is 5.57. The van der Waals surface area contributed by atoms with Crippen LogP contribution in [0, 0.1) is 6.92 Å². The van der Waals surface area contributed by atoms with E-state index >= 15 is 0 Å². The van der Waals surface area contributed by atoms with Crippen molar-refractivity contribution in [2.24, 2.45) is 0 Å². The number of aromatic carboxylic acids is 1. The van der Waals surface area contributed by atoms with Gasteiger partial charge in [-0.2, -0.15) is 0 Å². The smallest absolute Gasteiger partial charge is 0.339 e. The first-order chi connectivity index (χ1) is 8.97. The standard InChI is InChI=1S/C14H10Cl2O3/c1-8-2-4-10(14(17)18)12(6-8)19-13-7-9(15)3-5-11(13)16/h2-7H,1H3,(H,17,18). The minimum atomic E-state index is -1.06. The van der Waals surface area contributed by atoms with Crippen molar-refractivity contribution in [2.75, 3.05) is 0 Å². The van der Waals surface area contributed by atoms with Crippen LogP contribution in [0.5, 0.6) is 11.5 Å². The lowest BCUT2D eigenvalue weighted by Gasteiger charge is -2.11. The lowest BCUT2D eigenvalue weighted by atomic mass is 10.1. The molecule has 0 bridgehead atoms. The van der Waals surface area contributed by atoms with Gasteiger partial charge in [0, 0.05) is 11.1 Å². The van der Waals surface area contributed by atoms with E-state index in [1.165, 1.54) is 12.1 Å². The Morgan fingerprint density at radius 3 is 2.53 bits per heavy atom. The Bertz CT molecular complexity index is 639. The number of hydrogen-bond donors (Lipinski definition) is 1. The van der Waals surface area contributed by atoms with Crippen molar-refractivity contribution in [3.63, 3.8) is 0 Å². The van der Waals surface area contributed by atoms with Gasteiger partial charge in [0.15, 0.2) is 0 Å². The van der Waals surface area contributed by atoms with Gasteiger partial charge in [0.25, 0.3) is 0 Å². The fourth-order valence-corrected chi connectivity index (χ4v) is 1.88. The molecule has 0 spiro atoms. The second kappa shape index (κ2) is 5.51. The van der Waals surface area contributed by atoms with E-state index in [1.54, 1.807) is 24.3 Å². The highest BCUT2D eigenvalue weighted by Gasteiger charge is 2.13. The summed E-state index contributed by atoms with van der Waals surface area (Å²) in [5.41, 5.74) is 0.958. The SMILES string of the molecule is Cc1ccc(C(=O)O)c(Oc2cc(Cl)ccc2Cl)c1. The summed E-state index contributed by atoms with van der Waals surface area (Å²) >= 11 is 11.8. The number of carbonyl (C=O) groups is 1. The molecule has 3 nitrogen and oxygen atoms in total. The number of aryl methyl sites for hydroxylation is 1. The third kappa shape index (κ3) is 3.19. The number of carboxylic acid groups (broad SMARTS) is 1. The molecule has 2 aromatic rings. The number of ether oxygens (including phenoxy) is 1. The molecule has 0 heterocycles. The fraction of sp³-hybridized carbons (Fsp3) is 0.0714. The Morgan fingerprint density at radius 1 is 1.11 bits per heavy atom. The first-order valence-electron chi connectivity index (χ1n) is 5.44. The van der Waals surface area contributed by atoms with E-state index in [0.29, 0.717) is 15.8 Å². The topological polar surface area (TPSA) is 46.5 Å². The van der Waals surface area contributed by atoms with Gasteiger partial charge in [-0.05, 0) is 36.8 Å². The second-order valence-electron chi connectivity index (χ2n) is 3.98. The molecule has 0 aliphatic rings. The Labute approximate surface area is 120 Å². The lowest BCUT2D eigenvalue weighted by Crippen LogP contribution is -2.00. The fourth-order valence-electron chi connectivity index (χ4n) is 1.56. The van der Waals surface area contributed by atoms with Crippen LogP contribution in [-0.4, -0.2) is 11.1 Å². The van der Waals surface area contributed by atoms with Gasteiger partial charge in [0.1, 0.15) is 17.1 Å². The monoisotopic (exact) mass is 296 g/mol. The molecule has 0 saturated carbocycles. The van der Waals surface area contributed by atoms with Crippen LogP contribution in [-0.2, 0) is 0 Å². The predicted molar refractivity (Wildman–Crippen MR) is 74.7 cm³/mol. The maximum atomic E-state index is 11.1. The highest BCUT2D eigenvalue weighted by atomic mass is 35.5. The Balaban J connectivity index is 2.45. The number of hydrogen-bond acceptors (Lipinski definition) is 2. The van der Waals surface area contributed by atoms with E-state index in [0.717, 1.165) is 5.56 Å². The van der Waals surface area contributed by atoms with Crippen molar-refractivity contribution < 1.29 is 14.6 Å². The van der Waals surface area contributed by atoms with Gasteiger partial charge in [0.2, 0.25) is 0 Å². The zero-order valence-corrected chi connectivity index (χ0v) is 11.5. The van der Waals surface area contributed by atoms with E-state index < -0.39 is 5.97 Å². The summed E-state index contributed by atoms with van der Waals surface area (Å²) in [6.07, 6.45) is 0. The first-order valence-corrected chi connectivity index (χ1v) is 6.20. The molecular formula is C14H10Cl2O3. The molecule has 2 rings (SSSR count). The molecule has 0 aliphatic carbocycles. The Morgan fingerprint density at radius 2 is 1.84 bits per heavy atom. The highest BCUT2D eigenvalue weighted by molar-refractivity contribution is 6.34. The largest absolute Gasteiger partial charge is 0.478 e. The van der Waals surface area contributed by atoms with Crippen molar-refractivity contribution in [3.05, 3.63) is 57.6 Å². The van der Waals surface area contributed by atoms with Gasteiger partial charge in [0.05, 0.1) is 5.02 Å². The third-order valence-corrected chi connectivity index (χ3v) is 3.03. The predicted octanol–water partition coefficient (Wildman–Crippen LogP) is 4.79. The third-order valence-electron chi connectivity index (χ3n) is 2.48.